The van der Waals surface area contributed by atoms with E-state index in [0.29, 0.717) is 30.7 Å². The van der Waals surface area contributed by atoms with Gasteiger partial charge in [-0.05, 0) is 49.6 Å². The topological polar surface area (TPSA) is 55.4 Å². The van der Waals surface area contributed by atoms with Gasteiger partial charge in [-0.2, -0.15) is 0 Å². The van der Waals surface area contributed by atoms with Gasteiger partial charge in [-0.25, -0.2) is 4.79 Å². The summed E-state index contributed by atoms with van der Waals surface area (Å²) in [6, 6.07) is 15.0. The third kappa shape index (κ3) is 6.71. The number of rotatable bonds is 9. The smallest absolute Gasteiger partial charge is 0.338 e. The van der Waals surface area contributed by atoms with Crippen LogP contribution in [0.3, 0.4) is 0 Å². The number of esters is 1. The molecular formula is C22H27NO3. The van der Waals surface area contributed by atoms with Crippen molar-refractivity contribution < 1.29 is 14.3 Å². The molecule has 0 aromatic heterocycles. The highest BCUT2D eigenvalue weighted by atomic mass is 16.5. The number of carbonyl (C=O) groups excluding carboxylic acids is 2. The summed E-state index contributed by atoms with van der Waals surface area (Å²) in [7, 11) is 0. The number of nitrogens with one attached hydrogen (secondary N) is 1. The Morgan fingerprint density at radius 3 is 2.31 bits per heavy atom. The molecule has 0 bridgehead atoms. The van der Waals surface area contributed by atoms with Crippen LogP contribution in [0.2, 0.25) is 0 Å². The lowest BCUT2D eigenvalue weighted by Crippen LogP contribution is -2.12. The van der Waals surface area contributed by atoms with Crippen LogP contribution >= 0.6 is 0 Å². The summed E-state index contributed by atoms with van der Waals surface area (Å²) in [5.41, 5.74) is 3.54. The Morgan fingerprint density at radius 1 is 0.962 bits per heavy atom. The Balaban J connectivity index is 1.77. The second kappa shape index (κ2) is 10.4. The largest absolute Gasteiger partial charge is 0.462 e. The first-order valence-corrected chi connectivity index (χ1v) is 9.21. The first-order valence-electron chi connectivity index (χ1n) is 9.21. The van der Waals surface area contributed by atoms with E-state index in [-0.39, 0.29) is 11.9 Å². The van der Waals surface area contributed by atoms with E-state index in [1.54, 1.807) is 24.3 Å². The molecule has 0 aliphatic carbocycles. The standard InChI is InChI=1S/C22H27NO3/c1-3-4-5-16-26-22(25)19-11-13-20(14-12-19)23-21(24)15-10-18-8-6-17(2)7-9-18/h6-9,11-14H,3-5,10,15-16H2,1-2H3,(H,23,24). The molecule has 0 saturated carbocycles. The van der Waals surface area contributed by atoms with Gasteiger partial charge < -0.3 is 10.1 Å². The number of amides is 1. The fourth-order valence-electron chi connectivity index (χ4n) is 2.53. The first kappa shape index (κ1) is 19.7. The number of aryl methyl sites for hydroxylation is 2. The van der Waals surface area contributed by atoms with Gasteiger partial charge in [0.05, 0.1) is 12.2 Å². The molecule has 0 fully saturated rings. The Bertz CT molecular complexity index is 705. The fraction of sp³-hybridized carbons (Fsp3) is 0.364. The SMILES string of the molecule is CCCCCOC(=O)c1ccc(NC(=O)CCc2ccc(C)cc2)cc1. The van der Waals surface area contributed by atoms with E-state index in [1.165, 1.54) is 5.56 Å². The van der Waals surface area contributed by atoms with Gasteiger partial charge in [0.15, 0.2) is 0 Å². The maximum atomic E-state index is 12.1. The molecule has 4 nitrogen and oxygen atoms in total. The molecule has 138 valence electrons. The average molecular weight is 353 g/mol. The molecule has 0 atom stereocenters. The second-order valence-electron chi connectivity index (χ2n) is 6.45. The van der Waals surface area contributed by atoms with Crippen molar-refractivity contribution in [3.05, 3.63) is 65.2 Å². The first-order chi connectivity index (χ1) is 12.6. The molecule has 4 heteroatoms. The minimum Gasteiger partial charge on any atom is -0.462 e. The summed E-state index contributed by atoms with van der Waals surface area (Å²) in [5.74, 6) is -0.362. The van der Waals surface area contributed by atoms with Crippen molar-refractivity contribution in [2.24, 2.45) is 0 Å². The maximum absolute atomic E-state index is 12.1. The zero-order valence-electron chi connectivity index (χ0n) is 15.6. The van der Waals surface area contributed by atoms with Crippen LogP contribution in [-0.4, -0.2) is 18.5 Å². The molecule has 0 radical (unpaired) electrons. The van der Waals surface area contributed by atoms with Gasteiger partial charge in [-0.15, -0.1) is 0 Å². The molecule has 0 aliphatic rings. The zero-order chi connectivity index (χ0) is 18.8. The van der Waals surface area contributed by atoms with Crippen LogP contribution in [0, 0.1) is 6.92 Å². The highest BCUT2D eigenvalue weighted by molar-refractivity contribution is 5.93. The van der Waals surface area contributed by atoms with Gasteiger partial charge in [-0.1, -0.05) is 49.6 Å². The van der Waals surface area contributed by atoms with Crippen molar-refractivity contribution >= 4 is 17.6 Å². The van der Waals surface area contributed by atoms with Crippen molar-refractivity contribution in [1.82, 2.24) is 0 Å². The van der Waals surface area contributed by atoms with Gasteiger partial charge >= 0.3 is 5.97 Å². The predicted molar refractivity (Wildman–Crippen MR) is 104 cm³/mol. The van der Waals surface area contributed by atoms with Gasteiger partial charge in [0.25, 0.3) is 0 Å². The number of benzene rings is 2. The maximum Gasteiger partial charge on any atom is 0.338 e. The van der Waals surface area contributed by atoms with Crippen molar-refractivity contribution in [3.8, 4) is 0 Å². The number of carbonyl (C=O) groups is 2. The summed E-state index contributed by atoms with van der Waals surface area (Å²) >= 11 is 0. The van der Waals surface area contributed by atoms with Crippen molar-refractivity contribution in [2.75, 3.05) is 11.9 Å². The van der Waals surface area contributed by atoms with E-state index in [0.717, 1.165) is 24.8 Å². The molecule has 0 saturated heterocycles. The number of unbranched alkanes of at least 4 members (excludes halogenated alkanes) is 2. The van der Waals surface area contributed by atoms with E-state index >= 15 is 0 Å². The summed E-state index contributed by atoms with van der Waals surface area (Å²) in [6.07, 6.45) is 4.16. The van der Waals surface area contributed by atoms with Crippen molar-refractivity contribution in [3.63, 3.8) is 0 Å². The van der Waals surface area contributed by atoms with E-state index < -0.39 is 0 Å². The fourth-order valence-corrected chi connectivity index (χ4v) is 2.53. The molecule has 2 aromatic carbocycles. The molecule has 2 rings (SSSR count). The monoisotopic (exact) mass is 353 g/mol. The molecule has 26 heavy (non-hydrogen) atoms. The number of anilines is 1. The highest BCUT2D eigenvalue weighted by Crippen LogP contribution is 2.12. The highest BCUT2D eigenvalue weighted by Gasteiger charge is 2.08. The molecule has 0 spiro atoms. The van der Waals surface area contributed by atoms with Crippen molar-refractivity contribution in [2.45, 2.75) is 46.0 Å². The summed E-state index contributed by atoms with van der Waals surface area (Å²) in [4.78, 5) is 24.0. The number of hydrogen-bond acceptors (Lipinski definition) is 3. The lowest BCUT2D eigenvalue weighted by atomic mass is 10.1. The van der Waals surface area contributed by atoms with E-state index in [1.807, 2.05) is 31.2 Å². The molecule has 2 aromatic rings. The molecule has 0 heterocycles. The van der Waals surface area contributed by atoms with E-state index in [2.05, 4.69) is 12.2 Å². The third-order valence-electron chi connectivity index (χ3n) is 4.15. The van der Waals surface area contributed by atoms with Crippen LogP contribution in [0.4, 0.5) is 5.69 Å². The van der Waals surface area contributed by atoms with Crippen LogP contribution in [0.25, 0.3) is 0 Å². The zero-order valence-corrected chi connectivity index (χ0v) is 15.6. The Kier molecular flexibility index (Phi) is 7.87. The average Bonchev–Trinajstić information content (AvgIpc) is 2.65. The predicted octanol–water partition coefficient (Wildman–Crippen LogP) is 4.91. The van der Waals surface area contributed by atoms with Crippen LogP contribution < -0.4 is 5.32 Å². The summed E-state index contributed by atoms with van der Waals surface area (Å²) in [6.45, 7) is 4.60. The van der Waals surface area contributed by atoms with Crippen LogP contribution in [0.15, 0.2) is 48.5 Å². The third-order valence-corrected chi connectivity index (χ3v) is 4.15. The summed E-state index contributed by atoms with van der Waals surface area (Å²) < 4.78 is 5.22. The number of hydrogen-bond donors (Lipinski definition) is 1. The molecule has 1 N–H and O–H groups in total. The molecular weight excluding hydrogens is 326 g/mol. The second-order valence-corrected chi connectivity index (χ2v) is 6.45. The lowest BCUT2D eigenvalue weighted by molar-refractivity contribution is -0.116. The molecule has 0 aliphatic heterocycles. The summed E-state index contributed by atoms with van der Waals surface area (Å²) in [5, 5.41) is 2.86. The normalized spacial score (nSPS) is 10.4. The van der Waals surface area contributed by atoms with Crippen LogP contribution in [0.1, 0.15) is 54.1 Å². The van der Waals surface area contributed by atoms with Crippen molar-refractivity contribution in [1.29, 1.82) is 0 Å². The molecule has 1 amide bonds. The Labute approximate surface area is 155 Å². The van der Waals surface area contributed by atoms with Gasteiger partial charge in [-0.3, -0.25) is 4.79 Å². The lowest BCUT2D eigenvalue weighted by Gasteiger charge is -2.07. The number of ether oxygens (including phenoxy) is 1. The Morgan fingerprint density at radius 2 is 1.65 bits per heavy atom. The van der Waals surface area contributed by atoms with Crippen LogP contribution in [-0.2, 0) is 16.0 Å². The quantitative estimate of drug-likeness (QED) is 0.514. The minimum atomic E-state index is -0.321. The van der Waals surface area contributed by atoms with Crippen LogP contribution in [0.5, 0.6) is 0 Å². The van der Waals surface area contributed by atoms with Gasteiger partial charge in [0.2, 0.25) is 5.91 Å². The minimum absolute atomic E-state index is 0.0412. The molecule has 0 unspecified atom stereocenters. The Hall–Kier alpha value is -2.62. The van der Waals surface area contributed by atoms with Gasteiger partial charge in [0, 0.05) is 12.1 Å². The van der Waals surface area contributed by atoms with E-state index in [4.69, 9.17) is 4.74 Å². The van der Waals surface area contributed by atoms with Gasteiger partial charge in [0.1, 0.15) is 0 Å². The van der Waals surface area contributed by atoms with E-state index in [9.17, 15) is 9.59 Å².